The van der Waals surface area contributed by atoms with Crippen LogP contribution in [-0.2, 0) is 13.5 Å². The maximum atomic E-state index is 5.79. The van der Waals surface area contributed by atoms with Gasteiger partial charge in [0.2, 0.25) is 0 Å². The summed E-state index contributed by atoms with van der Waals surface area (Å²) in [5.74, 6) is 0.995. The minimum absolute atomic E-state index is 0.762. The molecule has 0 amide bonds. The van der Waals surface area contributed by atoms with Crippen LogP contribution in [0.4, 0.5) is 5.69 Å². The largest absolute Gasteiger partial charge is 0.399 e. The first-order chi connectivity index (χ1) is 8.74. The van der Waals surface area contributed by atoms with E-state index in [9.17, 15) is 0 Å². The molecule has 90 valence electrons. The lowest BCUT2D eigenvalue weighted by molar-refractivity contribution is 0.845. The van der Waals surface area contributed by atoms with Gasteiger partial charge in [-0.2, -0.15) is 0 Å². The number of anilines is 1. The smallest absolute Gasteiger partial charge is 0.177 e. The number of imidazole rings is 1. The van der Waals surface area contributed by atoms with E-state index in [4.69, 9.17) is 5.73 Å². The van der Waals surface area contributed by atoms with E-state index in [1.165, 1.54) is 0 Å². The summed E-state index contributed by atoms with van der Waals surface area (Å²) >= 11 is 0. The number of fused-ring (bicyclic) bond motifs is 1. The summed E-state index contributed by atoms with van der Waals surface area (Å²) in [5, 5.41) is 0. The van der Waals surface area contributed by atoms with E-state index in [1.807, 2.05) is 37.4 Å². The third-order valence-electron chi connectivity index (χ3n) is 3.06. The fraction of sp³-hybridized carbons (Fsp3) is 0.143. The Kier molecular flexibility index (Phi) is 2.48. The van der Waals surface area contributed by atoms with Crippen LogP contribution >= 0.6 is 0 Å². The lowest BCUT2D eigenvalue weighted by Crippen LogP contribution is -1.99. The summed E-state index contributed by atoms with van der Waals surface area (Å²) < 4.78 is 2.07. The third kappa shape index (κ3) is 1.82. The fourth-order valence-electron chi connectivity index (χ4n) is 2.12. The molecule has 0 saturated heterocycles. The summed E-state index contributed by atoms with van der Waals surface area (Å²) in [7, 11) is 2.01. The molecule has 0 aliphatic rings. The summed E-state index contributed by atoms with van der Waals surface area (Å²) in [5.41, 5.74) is 9.57. The molecule has 0 radical (unpaired) electrons. The topological polar surface area (TPSA) is 56.7 Å². The Balaban J connectivity index is 2.02. The van der Waals surface area contributed by atoms with E-state index in [-0.39, 0.29) is 0 Å². The molecule has 4 nitrogen and oxygen atoms in total. The Hall–Kier alpha value is -2.36. The summed E-state index contributed by atoms with van der Waals surface area (Å²) in [6.45, 7) is 0. The van der Waals surface area contributed by atoms with Crippen LogP contribution in [0.3, 0.4) is 0 Å². The Morgan fingerprint density at radius 1 is 1.22 bits per heavy atom. The number of benzene rings is 1. The average molecular weight is 238 g/mol. The number of rotatable bonds is 2. The lowest BCUT2D eigenvalue weighted by Gasteiger charge is -2.03. The summed E-state index contributed by atoms with van der Waals surface area (Å²) in [6, 6.07) is 11.8. The van der Waals surface area contributed by atoms with Crippen molar-refractivity contribution in [1.82, 2.24) is 14.5 Å². The standard InChI is InChI=1S/C14H14N4/c1-18-12-6-3-7-16-14(12)17-13(18)9-10-4-2-5-11(15)8-10/h2-8H,9,15H2,1H3. The molecule has 0 aliphatic carbocycles. The molecule has 18 heavy (non-hydrogen) atoms. The maximum Gasteiger partial charge on any atom is 0.177 e. The fourth-order valence-corrected chi connectivity index (χ4v) is 2.12. The van der Waals surface area contributed by atoms with Crippen molar-refractivity contribution in [3.05, 3.63) is 54.0 Å². The van der Waals surface area contributed by atoms with Crippen LogP contribution in [0.5, 0.6) is 0 Å². The van der Waals surface area contributed by atoms with Gasteiger partial charge in [-0.1, -0.05) is 12.1 Å². The molecule has 2 heterocycles. The number of hydrogen-bond donors (Lipinski definition) is 1. The second-order valence-electron chi connectivity index (χ2n) is 4.35. The van der Waals surface area contributed by atoms with Crippen LogP contribution in [0.1, 0.15) is 11.4 Å². The van der Waals surface area contributed by atoms with Gasteiger partial charge in [0, 0.05) is 25.4 Å². The van der Waals surface area contributed by atoms with E-state index in [2.05, 4.69) is 20.6 Å². The molecule has 2 N–H and O–H groups in total. The molecule has 0 bridgehead atoms. The molecule has 0 atom stereocenters. The van der Waals surface area contributed by atoms with Gasteiger partial charge in [0.1, 0.15) is 5.82 Å². The van der Waals surface area contributed by atoms with Crippen molar-refractivity contribution in [3.63, 3.8) is 0 Å². The van der Waals surface area contributed by atoms with E-state index in [0.29, 0.717) is 0 Å². The Bertz CT molecular complexity index is 700. The van der Waals surface area contributed by atoms with Crippen molar-refractivity contribution in [3.8, 4) is 0 Å². The molecule has 0 fully saturated rings. The van der Waals surface area contributed by atoms with Crippen LogP contribution in [0.15, 0.2) is 42.6 Å². The molecule has 3 aromatic rings. The molecular weight excluding hydrogens is 224 g/mol. The monoisotopic (exact) mass is 238 g/mol. The Morgan fingerprint density at radius 2 is 2.11 bits per heavy atom. The van der Waals surface area contributed by atoms with E-state index >= 15 is 0 Å². The molecule has 0 aliphatic heterocycles. The van der Waals surface area contributed by atoms with Gasteiger partial charge < -0.3 is 10.3 Å². The molecule has 2 aromatic heterocycles. The molecule has 0 unspecified atom stereocenters. The van der Waals surface area contributed by atoms with Gasteiger partial charge in [-0.3, -0.25) is 0 Å². The molecule has 0 saturated carbocycles. The molecule has 0 spiro atoms. The van der Waals surface area contributed by atoms with Gasteiger partial charge in [-0.25, -0.2) is 9.97 Å². The van der Waals surface area contributed by atoms with Crippen LogP contribution in [-0.4, -0.2) is 14.5 Å². The number of nitrogen functional groups attached to an aromatic ring is 1. The van der Waals surface area contributed by atoms with E-state index < -0.39 is 0 Å². The van der Waals surface area contributed by atoms with E-state index in [0.717, 1.165) is 34.7 Å². The Morgan fingerprint density at radius 3 is 2.89 bits per heavy atom. The number of nitrogens with zero attached hydrogens (tertiary/aromatic N) is 3. The number of hydrogen-bond acceptors (Lipinski definition) is 3. The predicted octanol–water partition coefficient (Wildman–Crippen LogP) is 2.14. The van der Waals surface area contributed by atoms with Crippen LogP contribution in [0.2, 0.25) is 0 Å². The quantitative estimate of drug-likeness (QED) is 0.696. The highest BCUT2D eigenvalue weighted by Crippen LogP contribution is 2.16. The zero-order chi connectivity index (χ0) is 12.5. The average Bonchev–Trinajstić information content (AvgIpc) is 2.67. The van der Waals surface area contributed by atoms with Crippen molar-refractivity contribution >= 4 is 16.9 Å². The van der Waals surface area contributed by atoms with Crippen molar-refractivity contribution in [2.45, 2.75) is 6.42 Å². The van der Waals surface area contributed by atoms with Crippen molar-refractivity contribution in [2.75, 3.05) is 5.73 Å². The summed E-state index contributed by atoms with van der Waals surface area (Å²) in [4.78, 5) is 8.81. The van der Waals surface area contributed by atoms with Crippen molar-refractivity contribution < 1.29 is 0 Å². The highest BCUT2D eigenvalue weighted by molar-refractivity contribution is 5.71. The molecule has 4 heteroatoms. The highest BCUT2D eigenvalue weighted by Gasteiger charge is 2.08. The van der Waals surface area contributed by atoms with Crippen molar-refractivity contribution in [2.24, 2.45) is 7.05 Å². The number of pyridine rings is 1. The maximum absolute atomic E-state index is 5.79. The van der Waals surface area contributed by atoms with Gasteiger partial charge in [0.25, 0.3) is 0 Å². The second-order valence-corrected chi connectivity index (χ2v) is 4.35. The number of aromatic nitrogens is 3. The minimum atomic E-state index is 0.762. The van der Waals surface area contributed by atoms with Gasteiger partial charge in [0.05, 0.1) is 5.52 Å². The number of aryl methyl sites for hydroxylation is 1. The SMILES string of the molecule is Cn1c(Cc2cccc(N)c2)nc2ncccc21. The molecule has 3 rings (SSSR count). The third-order valence-corrected chi connectivity index (χ3v) is 3.06. The van der Waals surface area contributed by atoms with Gasteiger partial charge in [0.15, 0.2) is 5.65 Å². The van der Waals surface area contributed by atoms with Crippen molar-refractivity contribution in [1.29, 1.82) is 0 Å². The zero-order valence-electron chi connectivity index (χ0n) is 10.2. The highest BCUT2D eigenvalue weighted by atomic mass is 15.1. The first-order valence-electron chi connectivity index (χ1n) is 5.85. The van der Waals surface area contributed by atoms with Gasteiger partial charge in [-0.05, 0) is 29.8 Å². The van der Waals surface area contributed by atoms with Gasteiger partial charge in [-0.15, -0.1) is 0 Å². The first kappa shape index (κ1) is 10.8. The lowest BCUT2D eigenvalue weighted by atomic mass is 10.1. The van der Waals surface area contributed by atoms with Crippen LogP contribution in [0.25, 0.3) is 11.2 Å². The molecular formula is C14H14N4. The van der Waals surface area contributed by atoms with Crippen LogP contribution in [0, 0.1) is 0 Å². The Labute approximate surface area is 105 Å². The van der Waals surface area contributed by atoms with Crippen LogP contribution < -0.4 is 5.73 Å². The number of nitrogens with two attached hydrogens (primary N) is 1. The predicted molar refractivity (Wildman–Crippen MR) is 72.2 cm³/mol. The summed E-state index contributed by atoms with van der Waals surface area (Å²) in [6.07, 6.45) is 2.53. The first-order valence-corrected chi connectivity index (χ1v) is 5.85. The normalized spacial score (nSPS) is 10.9. The molecule has 1 aromatic carbocycles. The van der Waals surface area contributed by atoms with Gasteiger partial charge >= 0.3 is 0 Å². The second kappa shape index (κ2) is 4.14. The minimum Gasteiger partial charge on any atom is -0.399 e. The van der Waals surface area contributed by atoms with E-state index in [1.54, 1.807) is 6.20 Å². The zero-order valence-corrected chi connectivity index (χ0v) is 10.2.